The molecule has 3 saturated heterocycles. The molecular weight excluding hydrogens is 975 g/mol. The van der Waals surface area contributed by atoms with Crippen LogP contribution in [-0.2, 0) is 33.2 Å². The van der Waals surface area contributed by atoms with E-state index in [0.717, 1.165) is 51.4 Å². The molecule has 0 saturated carbocycles. The zero-order chi connectivity index (χ0) is 54.8. The standard InChI is InChI=1S/C56H93NO18/c1-3-5-7-9-11-13-15-17-18-19-20-22-24-26-28-30-32-34-44(62)57-39(40(61)33-31-29-27-25-23-21-16-14-12-10-8-6-4-2)38-70-54-50(68)47(65)52(42(36-59)72-54)75-56-51(69)48(66)53(43(37-60)73-56)74-55-49(67)46(64)45(63)41(35-58)71-55/h5,7,11,13,17-18,20,22-23,25-26,28,31,33,39-43,45-56,58-61,63-69H,3-4,6,8-10,12,14-16,19,21,24,27,29-30,32,34-38H2,1-2H3,(H,57,62)/b7-5-,13-11-,18-17-,22-20-,25-23+,28-26-,33-31+. The molecule has 3 rings (SSSR count). The van der Waals surface area contributed by atoms with Gasteiger partial charge in [-0.1, -0.05) is 137 Å². The Balaban J connectivity index is 1.57. The molecule has 17 unspecified atom stereocenters. The first-order valence-corrected chi connectivity index (χ1v) is 27.3. The molecule has 19 heteroatoms. The molecule has 0 radical (unpaired) electrons. The van der Waals surface area contributed by atoms with Crippen LogP contribution < -0.4 is 5.32 Å². The minimum absolute atomic E-state index is 0.152. The van der Waals surface area contributed by atoms with Crippen molar-refractivity contribution in [2.24, 2.45) is 0 Å². The zero-order valence-corrected chi connectivity index (χ0v) is 44.2. The summed E-state index contributed by atoms with van der Waals surface area (Å²) in [6, 6.07) is -1.02. The summed E-state index contributed by atoms with van der Waals surface area (Å²) in [5.74, 6) is -0.348. The highest BCUT2D eigenvalue weighted by molar-refractivity contribution is 5.76. The van der Waals surface area contributed by atoms with Crippen LogP contribution in [0.3, 0.4) is 0 Å². The summed E-state index contributed by atoms with van der Waals surface area (Å²) in [6.45, 7) is 1.48. The molecule has 3 fully saturated rings. The second kappa shape index (κ2) is 39.3. The molecular formula is C56H93NO18. The van der Waals surface area contributed by atoms with Crippen LogP contribution in [0.2, 0.25) is 0 Å². The summed E-state index contributed by atoms with van der Waals surface area (Å²) in [6.07, 6.45) is 18.7. The van der Waals surface area contributed by atoms with Gasteiger partial charge in [-0.15, -0.1) is 0 Å². The smallest absolute Gasteiger partial charge is 0.220 e. The van der Waals surface area contributed by atoms with Crippen LogP contribution in [0.15, 0.2) is 85.1 Å². The Hall–Kier alpha value is -3.03. The summed E-state index contributed by atoms with van der Waals surface area (Å²) in [5.41, 5.74) is 0. The molecule has 430 valence electrons. The summed E-state index contributed by atoms with van der Waals surface area (Å²) < 4.78 is 34.1. The number of aliphatic hydroxyl groups is 11. The fraction of sp³-hybridized carbons (Fsp3) is 0.732. The molecule has 75 heavy (non-hydrogen) atoms. The highest BCUT2D eigenvalue weighted by atomic mass is 16.8. The van der Waals surface area contributed by atoms with Crippen molar-refractivity contribution in [3.8, 4) is 0 Å². The molecule has 19 nitrogen and oxygen atoms in total. The number of rotatable bonds is 37. The van der Waals surface area contributed by atoms with E-state index in [-0.39, 0.29) is 12.3 Å². The number of hydrogen-bond acceptors (Lipinski definition) is 18. The van der Waals surface area contributed by atoms with E-state index in [9.17, 15) is 61.0 Å². The Morgan fingerprint density at radius 2 is 0.933 bits per heavy atom. The Morgan fingerprint density at radius 1 is 0.493 bits per heavy atom. The first-order valence-electron chi connectivity index (χ1n) is 27.3. The quantitative estimate of drug-likeness (QED) is 0.0314. The van der Waals surface area contributed by atoms with Crippen LogP contribution in [0.4, 0.5) is 0 Å². The number of allylic oxidation sites excluding steroid dienone is 13. The Labute approximate surface area is 444 Å². The number of amides is 1. The number of aliphatic hydroxyl groups excluding tert-OH is 11. The molecule has 0 aromatic rings. The van der Waals surface area contributed by atoms with Crippen molar-refractivity contribution >= 4 is 5.91 Å². The first-order chi connectivity index (χ1) is 36.3. The number of nitrogens with one attached hydrogen (secondary N) is 1. The van der Waals surface area contributed by atoms with Gasteiger partial charge in [-0.2, -0.15) is 0 Å². The van der Waals surface area contributed by atoms with Crippen molar-refractivity contribution in [3.63, 3.8) is 0 Å². The SMILES string of the molecule is CC/C=C\C/C=C\C/C=C\C/C=C\C/C=C\CCCC(=O)NC(COC1OC(CO)C(OC2OC(CO)C(OC3OC(CO)C(O)C(O)C3O)C(O)C2O)C(O)C1O)C(O)/C=C/CC/C=C/CCCCCCCCC. The predicted octanol–water partition coefficient (Wildman–Crippen LogP) is 3.25. The van der Waals surface area contributed by atoms with Gasteiger partial charge >= 0.3 is 0 Å². The van der Waals surface area contributed by atoms with Crippen LogP contribution in [0.25, 0.3) is 0 Å². The van der Waals surface area contributed by atoms with Crippen molar-refractivity contribution in [2.45, 2.75) is 234 Å². The van der Waals surface area contributed by atoms with E-state index in [1.165, 1.54) is 38.5 Å². The monoisotopic (exact) mass is 1070 g/mol. The van der Waals surface area contributed by atoms with Crippen molar-refractivity contribution in [2.75, 3.05) is 26.4 Å². The maximum Gasteiger partial charge on any atom is 0.220 e. The first kappa shape index (κ1) is 66.3. The molecule has 17 atom stereocenters. The van der Waals surface area contributed by atoms with Gasteiger partial charge in [-0.3, -0.25) is 4.79 Å². The summed E-state index contributed by atoms with van der Waals surface area (Å²) in [4.78, 5) is 13.2. The number of hydrogen-bond donors (Lipinski definition) is 12. The minimum Gasteiger partial charge on any atom is -0.394 e. The molecule has 0 spiro atoms. The average molecular weight is 1070 g/mol. The molecule has 0 aromatic heterocycles. The van der Waals surface area contributed by atoms with Gasteiger partial charge in [-0.05, 0) is 70.6 Å². The maximum atomic E-state index is 13.2. The van der Waals surface area contributed by atoms with E-state index in [4.69, 9.17) is 28.4 Å². The molecule has 0 bridgehead atoms. The van der Waals surface area contributed by atoms with Crippen molar-refractivity contribution in [1.82, 2.24) is 5.32 Å². The summed E-state index contributed by atoms with van der Waals surface area (Å²) in [5, 5.41) is 120. The van der Waals surface area contributed by atoms with Gasteiger partial charge in [0.05, 0.1) is 38.6 Å². The van der Waals surface area contributed by atoms with E-state index in [2.05, 4.69) is 79.9 Å². The molecule has 3 aliphatic rings. The molecule has 12 N–H and O–H groups in total. The van der Waals surface area contributed by atoms with Gasteiger partial charge in [0.1, 0.15) is 73.2 Å². The molecule has 3 aliphatic heterocycles. The number of ether oxygens (including phenoxy) is 6. The molecule has 0 aromatic carbocycles. The van der Waals surface area contributed by atoms with Gasteiger partial charge in [0.25, 0.3) is 0 Å². The third-order valence-corrected chi connectivity index (χ3v) is 13.2. The predicted molar refractivity (Wildman–Crippen MR) is 281 cm³/mol. The van der Waals surface area contributed by atoms with Gasteiger partial charge in [0, 0.05) is 6.42 Å². The van der Waals surface area contributed by atoms with Crippen LogP contribution in [0.5, 0.6) is 0 Å². The normalized spacial score (nSPS) is 31.9. The fourth-order valence-corrected chi connectivity index (χ4v) is 8.65. The Morgan fingerprint density at radius 3 is 1.49 bits per heavy atom. The van der Waals surface area contributed by atoms with E-state index in [1.807, 2.05) is 18.2 Å². The van der Waals surface area contributed by atoms with Crippen LogP contribution in [-0.4, -0.2) is 193 Å². The lowest BCUT2D eigenvalue weighted by Gasteiger charge is -2.48. The number of unbranched alkanes of at least 4 members (excludes halogenated alkanes) is 9. The Bertz CT molecular complexity index is 1700. The highest BCUT2D eigenvalue weighted by Gasteiger charge is 2.53. The van der Waals surface area contributed by atoms with E-state index >= 15 is 0 Å². The van der Waals surface area contributed by atoms with Gasteiger partial charge in [0.2, 0.25) is 5.91 Å². The van der Waals surface area contributed by atoms with E-state index < -0.39 is 131 Å². The lowest BCUT2D eigenvalue weighted by Crippen LogP contribution is -2.66. The third-order valence-electron chi connectivity index (χ3n) is 13.2. The molecule has 0 aliphatic carbocycles. The lowest BCUT2D eigenvalue weighted by atomic mass is 9.96. The average Bonchev–Trinajstić information content (AvgIpc) is 3.41. The number of carbonyl (C=O) groups excluding carboxylic acids is 1. The zero-order valence-electron chi connectivity index (χ0n) is 44.2. The van der Waals surface area contributed by atoms with E-state index in [1.54, 1.807) is 6.08 Å². The number of carbonyl (C=O) groups is 1. The summed E-state index contributed by atoms with van der Waals surface area (Å²) in [7, 11) is 0. The highest BCUT2D eigenvalue weighted by Crippen LogP contribution is 2.33. The van der Waals surface area contributed by atoms with E-state index in [0.29, 0.717) is 19.3 Å². The van der Waals surface area contributed by atoms with Crippen LogP contribution in [0, 0.1) is 0 Å². The van der Waals surface area contributed by atoms with Gasteiger partial charge < -0.3 is 89.9 Å². The molecule has 1 amide bonds. The second-order valence-corrected chi connectivity index (χ2v) is 19.3. The fourth-order valence-electron chi connectivity index (χ4n) is 8.65. The maximum absolute atomic E-state index is 13.2. The minimum atomic E-state index is -1.99. The largest absolute Gasteiger partial charge is 0.394 e. The van der Waals surface area contributed by atoms with Crippen LogP contribution in [0.1, 0.15) is 129 Å². The lowest BCUT2D eigenvalue weighted by molar-refractivity contribution is -0.379. The van der Waals surface area contributed by atoms with Gasteiger partial charge in [-0.25, -0.2) is 0 Å². The Kier molecular flexibility index (Phi) is 34.8. The van der Waals surface area contributed by atoms with Crippen molar-refractivity contribution in [3.05, 3.63) is 85.1 Å². The van der Waals surface area contributed by atoms with Crippen LogP contribution >= 0.6 is 0 Å². The topological polar surface area (TPSA) is 307 Å². The second-order valence-electron chi connectivity index (χ2n) is 19.3. The van der Waals surface area contributed by atoms with Crippen molar-refractivity contribution < 1.29 is 89.4 Å². The summed E-state index contributed by atoms with van der Waals surface area (Å²) >= 11 is 0. The van der Waals surface area contributed by atoms with Crippen molar-refractivity contribution in [1.29, 1.82) is 0 Å². The third kappa shape index (κ3) is 24.3. The van der Waals surface area contributed by atoms with Gasteiger partial charge in [0.15, 0.2) is 18.9 Å². The molecule has 3 heterocycles.